The van der Waals surface area contributed by atoms with Crippen LogP contribution in [0.3, 0.4) is 0 Å². The van der Waals surface area contributed by atoms with Crippen LogP contribution in [0.5, 0.6) is 0 Å². The minimum atomic E-state index is -0.222. The quantitative estimate of drug-likeness (QED) is 0.710. The van der Waals surface area contributed by atoms with Crippen LogP contribution in [0.2, 0.25) is 0 Å². The van der Waals surface area contributed by atoms with E-state index < -0.39 is 0 Å². The molecule has 24 heavy (non-hydrogen) atoms. The standard InChI is InChI=1S/C18H21N3O3/c1-12-9-15(7-8-16(12)21-18(23)11-24-2)20-17(22)10-13-3-5-14(19)6-4-13/h3-9H,10-11,19H2,1-2H3,(H,20,22)(H,21,23). The monoisotopic (exact) mass is 327 g/mol. The average Bonchev–Trinajstić information content (AvgIpc) is 2.52. The Bertz CT molecular complexity index is 727. The van der Waals surface area contributed by atoms with Crippen molar-refractivity contribution >= 4 is 28.9 Å². The van der Waals surface area contributed by atoms with Crippen molar-refractivity contribution < 1.29 is 14.3 Å². The topological polar surface area (TPSA) is 93.5 Å². The highest BCUT2D eigenvalue weighted by Crippen LogP contribution is 2.20. The second kappa shape index (κ2) is 8.12. The lowest BCUT2D eigenvalue weighted by Gasteiger charge is -2.11. The van der Waals surface area contributed by atoms with Gasteiger partial charge in [-0.25, -0.2) is 0 Å². The molecule has 2 aromatic carbocycles. The third kappa shape index (κ3) is 5.10. The number of amides is 2. The van der Waals surface area contributed by atoms with Crippen LogP contribution in [-0.2, 0) is 20.7 Å². The molecule has 0 heterocycles. The van der Waals surface area contributed by atoms with Crippen molar-refractivity contribution in [3.05, 3.63) is 53.6 Å². The fourth-order valence-electron chi connectivity index (χ4n) is 2.23. The van der Waals surface area contributed by atoms with E-state index in [2.05, 4.69) is 10.6 Å². The lowest BCUT2D eigenvalue weighted by atomic mass is 10.1. The molecule has 0 atom stereocenters. The van der Waals surface area contributed by atoms with Gasteiger partial charge in [0.05, 0.1) is 6.42 Å². The first-order chi connectivity index (χ1) is 11.5. The fourth-order valence-corrected chi connectivity index (χ4v) is 2.23. The molecule has 2 aromatic rings. The predicted octanol–water partition coefficient (Wildman–Crippen LogP) is 2.34. The van der Waals surface area contributed by atoms with Crippen LogP contribution in [0.25, 0.3) is 0 Å². The molecule has 0 radical (unpaired) electrons. The average molecular weight is 327 g/mol. The van der Waals surface area contributed by atoms with Gasteiger partial charge >= 0.3 is 0 Å². The molecule has 6 heteroatoms. The number of carbonyl (C=O) groups excluding carboxylic acids is 2. The Morgan fingerprint density at radius 1 is 1.04 bits per heavy atom. The Morgan fingerprint density at radius 3 is 2.38 bits per heavy atom. The Labute approximate surface area is 141 Å². The number of methoxy groups -OCH3 is 1. The highest BCUT2D eigenvalue weighted by Gasteiger charge is 2.08. The number of nitrogens with two attached hydrogens (primary N) is 1. The Hall–Kier alpha value is -2.86. The van der Waals surface area contributed by atoms with Crippen molar-refractivity contribution in [1.82, 2.24) is 0 Å². The van der Waals surface area contributed by atoms with Crippen LogP contribution in [0.1, 0.15) is 11.1 Å². The summed E-state index contributed by atoms with van der Waals surface area (Å²) in [6.45, 7) is 1.86. The SMILES string of the molecule is COCC(=O)Nc1ccc(NC(=O)Cc2ccc(N)cc2)cc1C. The molecule has 0 unspecified atom stereocenters. The van der Waals surface area contributed by atoms with Gasteiger partial charge in [-0.15, -0.1) is 0 Å². The first-order valence-electron chi connectivity index (χ1n) is 7.51. The van der Waals surface area contributed by atoms with E-state index in [0.29, 0.717) is 17.1 Å². The summed E-state index contributed by atoms with van der Waals surface area (Å²) in [4.78, 5) is 23.6. The van der Waals surface area contributed by atoms with E-state index in [1.54, 1.807) is 24.3 Å². The van der Waals surface area contributed by atoms with E-state index in [9.17, 15) is 9.59 Å². The number of hydrogen-bond acceptors (Lipinski definition) is 4. The zero-order chi connectivity index (χ0) is 17.5. The number of ether oxygens (including phenoxy) is 1. The van der Waals surface area contributed by atoms with Crippen LogP contribution in [0.15, 0.2) is 42.5 Å². The van der Waals surface area contributed by atoms with Crippen LogP contribution >= 0.6 is 0 Å². The highest BCUT2D eigenvalue weighted by molar-refractivity contribution is 5.94. The number of rotatable bonds is 6. The van der Waals surface area contributed by atoms with Crippen LogP contribution < -0.4 is 16.4 Å². The maximum absolute atomic E-state index is 12.1. The van der Waals surface area contributed by atoms with Gasteiger partial charge in [-0.2, -0.15) is 0 Å². The minimum Gasteiger partial charge on any atom is -0.399 e. The first-order valence-corrected chi connectivity index (χ1v) is 7.51. The number of nitrogen functional groups attached to an aromatic ring is 1. The van der Waals surface area contributed by atoms with E-state index in [1.807, 2.05) is 25.1 Å². The second-order valence-electron chi connectivity index (χ2n) is 5.48. The maximum atomic E-state index is 12.1. The molecule has 2 rings (SSSR count). The van der Waals surface area contributed by atoms with E-state index >= 15 is 0 Å². The summed E-state index contributed by atoms with van der Waals surface area (Å²) in [6, 6.07) is 12.5. The minimum absolute atomic E-state index is 0.000479. The summed E-state index contributed by atoms with van der Waals surface area (Å²) in [5.41, 5.74) is 9.40. The zero-order valence-corrected chi connectivity index (χ0v) is 13.8. The van der Waals surface area contributed by atoms with Gasteiger partial charge in [0, 0.05) is 24.2 Å². The van der Waals surface area contributed by atoms with Gasteiger partial charge in [0.2, 0.25) is 11.8 Å². The molecular formula is C18H21N3O3. The summed E-state index contributed by atoms with van der Waals surface area (Å²) >= 11 is 0. The van der Waals surface area contributed by atoms with Gasteiger partial charge in [0.1, 0.15) is 6.61 Å². The molecule has 0 aliphatic carbocycles. The molecule has 126 valence electrons. The number of carbonyl (C=O) groups is 2. The highest BCUT2D eigenvalue weighted by atomic mass is 16.5. The number of anilines is 3. The van der Waals surface area contributed by atoms with Crippen LogP contribution in [-0.4, -0.2) is 25.5 Å². The van der Waals surface area contributed by atoms with Crippen molar-refractivity contribution in [3.63, 3.8) is 0 Å². The lowest BCUT2D eigenvalue weighted by molar-refractivity contribution is -0.119. The number of hydrogen-bond donors (Lipinski definition) is 3. The summed E-state index contributed by atoms with van der Waals surface area (Å²) < 4.78 is 4.78. The number of nitrogens with one attached hydrogen (secondary N) is 2. The largest absolute Gasteiger partial charge is 0.399 e. The van der Waals surface area contributed by atoms with E-state index in [4.69, 9.17) is 10.5 Å². The summed E-state index contributed by atoms with van der Waals surface area (Å²) in [7, 11) is 1.46. The molecule has 0 spiro atoms. The van der Waals surface area contributed by atoms with E-state index in [-0.39, 0.29) is 24.8 Å². The Kier molecular flexibility index (Phi) is 5.92. The molecule has 0 fully saturated rings. The summed E-state index contributed by atoms with van der Waals surface area (Å²) in [6.07, 6.45) is 0.269. The molecule has 6 nitrogen and oxygen atoms in total. The Morgan fingerprint density at radius 2 is 1.75 bits per heavy atom. The smallest absolute Gasteiger partial charge is 0.250 e. The second-order valence-corrected chi connectivity index (χ2v) is 5.48. The van der Waals surface area contributed by atoms with Crippen LogP contribution in [0.4, 0.5) is 17.1 Å². The van der Waals surface area contributed by atoms with Gasteiger partial charge in [-0.1, -0.05) is 12.1 Å². The number of benzene rings is 2. The number of aryl methyl sites for hydroxylation is 1. The molecule has 0 saturated carbocycles. The van der Waals surface area contributed by atoms with Gasteiger partial charge in [0.15, 0.2) is 0 Å². The van der Waals surface area contributed by atoms with Gasteiger partial charge in [-0.3, -0.25) is 9.59 Å². The molecule has 0 saturated heterocycles. The van der Waals surface area contributed by atoms with Crippen molar-refractivity contribution in [2.75, 3.05) is 30.1 Å². The van der Waals surface area contributed by atoms with Crippen molar-refractivity contribution in [3.8, 4) is 0 Å². The molecule has 0 aliphatic rings. The fraction of sp³-hybridized carbons (Fsp3) is 0.222. The van der Waals surface area contributed by atoms with E-state index in [1.165, 1.54) is 7.11 Å². The first kappa shape index (κ1) is 17.5. The molecule has 4 N–H and O–H groups in total. The van der Waals surface area contributed by atoms with Gasteiger partial charge < -0.3 is 21.1 Å². The molecular weight excluding hydrogens is 306 g/mol. The lowest BCUT2D eigenvalue weighted by Crippen LogP contribution is -2.18. The molecule has 0 aliphatic heterocycles. The van der Waals surface area contributed by atoms with Gasteiger partial charge in [0.25, 0.3) is 0 Å². The van der Waals surface area contributed by atoms with Crippen LogP contribution in [0, 0.1) is 6.92 Å². The maximum Gasteiger partial charge on any atom is 0.250 e. The van der Waals surface area contributed by atoms with E-state index in [0.717, 1.165) is 11.1 Å². The third-order valence-corrected chi connectivity index (χ3v) is 3.40. The summed E-state index contributed by atoms with van der Waals surface area (Å²) in [5, 5.41) is 5.59. The molecule has 0 aromatic heterocycles. The summed E-state index contributed by atoms with van der Waals surface area (Å²) in [5.74, 6) is -0.337. The molecule has 2 amide bonds. The van der Waals surface area contributed by atoms with Crippen molar-refractivity contribution in [1.29, 1.82) is 0 Å². The Balaban J connectivity index is 1.97. The predicted molar refractivity (Wildman–Crippen MR) is 94.9 cm³/mol. The molecule has 0 bridgehead atoms. The normalized spacial score (nSPS) is 10.2. The zero-order valence-electron chi connectivity index (χ0n) is 13.8. The van der Waals surface area contributed by atoms with Crippen molar-refractivity contribution in [2.45, 2.75) is 13.3 Å². The van der Waals surface area contributed by atoms with Crippen molar-refractivity contribution in [2.24, 2.45) is 0 Å². The third-order valence-electron chi connectivity index (χ3n) is 3.40. The van der Waals surface area contributed by atoms with Gasteiger partial charge in [-0.05, 0) is 48.4 Å².